The number of carbonyl (C=O) groups is 1. The Bertz CT molecular complexity index is 465. The van der Waals surface area contributed by atoms with E-state index in [1.54, 1.807) is 0 Å². The van der Waals surface area contributed by atoms with Gasteiger partial charge < -0.3 is 21.7 Å². The number of urea groups is 1. The van der Waals surface area contributed by atoms with Gasteiger partial charge in [-0.25, -0.2) is 9.78 Å². The number of nitro groups is 1. The number of nitrogens with zero attached hydrogens (tertiary/aromatic N) is 2. The topological polar surface area (TPSA) is 135 Å². The Morgan fingerprint density at radius 1 is 1.42 bits per heavy atom. The zero-order chi connectivity index (χ0) is 14.3. The molecule has 0 spiro atoms. The van der Waals surface area contributed by atoms with Crippen molar-refractivity contribution in [3.63, 3.8) is 0 Å². The second-order valence-corrected chi connectivity index (χ2v) is 3.57. The molecule has 0 unspecified atom stereocenters. The number of nitrogens with one attached hydrogen (secondary N) is 3. The van der Waals surface area contributed by atoms with Gasteiger partial charge in [0.1, 0.15) is 5.82 Å². The maximum atomic E-state index is 10.8. The van der Waals surface area contributed by atoms with Gasteiger partial charge in [0.25, 0.3) is 0 Å². The second-order valence-electron chi connectivity index (χ2n) is 3.57. The number of primary amides is 1. The lowest BCUT2D eigenvalue weighted by Crippen LogP contribution is -2.33. The van der Waals surface area contributed by atoms with Gasteiger partial charge in [0.2, 0.25) is 5.82 Å². The summed E-state index contributed by atoms with van der Waals surface area (Å²) >= 11 is 0. The molecule has 0 bridgehead atoms. The number of hydrogen-bond donors (Lipinski definition) is 4. The predicted octanol–water partition coefficient (Wildman–Crippen LogP) is 0.502. The molecule has 0 aromatic carbocycles. The van der Waals surface area contributed by atoms with Crippen LogP contribution in [0.1, 0.15) is 6.92 Å². The van der Waals surface area contributed by atoms with Crippen LogP contribution in [0.15, 0.2) is 12.1 Å². The van der Waals surface area contributed by atoms with Crippen molar-refractivity contribution < 1.29 is 9.72 Å². The van der Waals surface area contributed by atoms with Crippen LogP contribution in [0.4, 0.5) is 22.1 Å². The number of nitrogens with two attached hydrogens (primary N) is 1. The molecule has 0 radical (unpaired) electrons. The summed E-state index contributed by atoms with van der Waals surface area (Å²) in [6, 6.07) is 2.26. The molecule has 19 heavy (non-hydrogen) atoms. The minimum absolute atomic E-state index is 0.124. The van der Waals surface area contributed by atoms with Crippen molar-refractivity contribution in [3.8, 4) is 0 Å². The highest BCUT2D eigenvalue weighted by molar-refractivity contribution is 5.71. The fourth-order valence-electron chi connectivity index (χ4n) is 1.38. The van der Waals surface area contributed by atoms with Crippen LogP contribution in [0, 0.1) is 10.1 Å². The van der Waals surface area contributed by atoms with E-state index in [0.29, 0.717) is 12.4 Å². The Morgan fingerprint density at radius 2 is 2.16 bits per heavy atom. The molecular formula is C10H16N6O3. The molecule has 0 aliphatic carbocycles. The number of rotatable bonds is 7. The van der Waals surface area contributed by atoms with Crippen molar-refractivity contribution in [1.82, 2.24) is 10.3 Å². The van der Waals surface area contributed by atoms with Gasteiger partial charge in [-0.2, -0.15) is 0 Å². The lowest BCUT2D eigenvalue weighted by atomic mass is 10.3. The van der Waals surface area contributed by atoms with Crippen molar-refractivity contribution >= 4 is 23.4 Å². The SMILES string of the molecule is CCNc1ccc([N+](=O)[O-])c(NCCNC(N)=O)n1. The standard InChI is InChI=1S/C10H16N6O3/c1-2-12-8-4-3-7(16(18)19)9(15-8)13-5-6-14-10(11)17/h3-4H,2,5-6H2,1H3,(H3,11,14,17)(H2,12,13,15). The minimum atomic E-state index is -0.648. The Hall–Kier alpha value is -2.58. The van der Waals surface area contributed by atoms with Gasteiger partial charge >= 0.3 is 11.7 Å². The molecule has 9 heteroatoms. The van der Waals surface area contributed by atoms with Gasteiger partial charge in [0.05, 0.1) is 4.92 Å². The largest absolute Gasteiger partial charge is 0.370 e. The fourth-order valence-corrected chi connectivity index (χ4v) is 1.38. The number of carbonyl (C=O) groups excluding carboxylic acids is 1. The molecular weight excluding hydrogens is 252 g/mol. The lowest BCUT2D eigenvalue weighted by Gasteiger charge is -2.09. The molecule has 2 amide bonds. The smallest absolute Gasteiger partial charge is 0.312 e. The van der Waals surface area contributed by atoms with Crippen LogP contribution < -0.4 is 21.7 Å². The first kappa shape index (κ1) is 14.5. The quantitative estimate of drug-likeness (QED) is 0.323. The Labute approximate surface area is 109 Å². The van der Waals surface area contributed by atoms with Crippen molar-refractivity contribution in [2.24, 2.45) is 5.73 Å². The molecule has 9 nitrogen and oxygen atoms in total. The van der Waals surface area contributed by atoms with Crippen LogP contribution in [-0.2, 0) is 0 Å². The maximum Gasteiger partial charge on any atom is 0.312 e. The summed E-state index contributed by atoms with van der Waals surface area (Å²) in [6.45, 7) is 3.09. The summed E-state index contributed by atoms with van der Waals surface area (Å²) in [5.74, 6) is 0.688. The zero-order valence-corrected chi connectivity index (χ0v) is 10.5. The van der Waals surface area contributed by atoms with Gasteiger partial charge in [0.15, 0.2) is 0 Å². The highest BCUT2D eigenvalue weighted by atomic mass is 16.6. The number of amides is 2. The summed E-state index contributed by atoms with van der Waals surface area (Å²) in [7, 11) is 0. The van der Waals surface area contributed by atoms with E-state index in [1.165, 1.54) is 12.1 Å². The molecule has 1 aromatic heterocycles. The Kier molecular flexibility index (Phi) is 5.33. The number of pyridine rings is 1. The molecule has 0 saturated heterocycles. The van der Waals surface area contributed by atoms with Crippen molar-refractivity contribution in [2.45, 2.75) is 6.92 Å². The van der Waals surface area contributed by atoms with E-state index < -0.39 is 11.0 Å². The molecule has 1 aromatic rings. The van der Waals surface area contributed by atoms with E-state index in [1.807, 2.05) is 6.92 Å². The second kappa shape index (κ2) is 6.99. The van der Waals surface area contributed by atoms with E-state index in [-0.39, 0.29) is 24.6 Å². The fraction of sp³-hybridized carbons (Fsp3) is 0.400. The molecule has 0 aliphatic rings. The average molecular weight is 268 g/mol. The summed E-state index contributed by atoms with van der Waals surface area (Å²) in [6.07, 6.45) is 0. The van der Waals surface area contributed by atoms with E-state index in [9.17, 15) is 14.9 Å². The molecule has 0 saturated carbocycles. The maximum absolute atomic E-state index is 10.8. The molecule has 0 fully saturated rings. The highest BCUT2D eigenvalue weighted by Crippen LogP contribution is 2.23. The van der Waals surface area contributed by atoms with Crippen LogP contribution >= 0.6 is 0 Å². The van der Waals surface area contributed by atoms with Gasteiger partial charge in [-0.3, -0.25) is 10.1 Å². The van der Waals surface area contributed by atoms with Crippen molar-refractivity contribution in [1.29, 1.82) is 0 Å². The van der Waals surface area contributed by atoms with E-state index in [0.717, 1.165) is 0 Å². The first-order valence-electron chi connectivity index (χ1n) is 5.71. The summed E-state index contributed by atoms with van der Waals surface area (Å²) in [5.41, 5.74) is 4.78. The van der Waals surface area contributed by atoms with Crippen LogP contribution in [0.3, 0.4) is 0 Å². The number of anilines is 2. The van der Waals surface area contributed by atoms with Crippen LogP contribution in [0.25, 0.3) is 0 Å². The molecule has 1 rings (SSSR count). The van der Waals surface area contributed by atoms with Crippen LogP contribution in [0.5, 0.6) is 0 Å². The van der Waals surface area contributed by atoms with Gasteiger partial charge in [0, 0.05) is 25.7 Å². The van der Waals surface area contributed by atoms with E-state index in [4.69, 9.17) is 5.73 Å². The van der Waals surface area contributed by atoms with Gasteiger partial charge in [-0.05, 0) is 13.0 Å². The highest BCUT2D eigenvalue weighted by Gasteiger charge is 2.15. The number of aromatic nitrogens is 1. The van der Waals surface area contributed by atoms with Crippen molar-refractivity contribution in [2.75, 3.05) is 30.3 Å². The summed E-state index contributed by atoms with van der Waals surface area (Å²) < 4.78 is 0. The lowest BCUT2D eigenvalue weighted by molar-refractivity contribution is -0.384. The first-order valence-corrected chi connectivity index (χ1v) is 5.71. The number of hydrogen-bond acceptors (Lipinski definition) is 6. The molecule has 5 N–H and O–H groups in total. The average Bonchev–Trinajstić information content (AvgIpc) is 2.34. The normalized spacial score (nSPS) is 9.74. The molecule has 1 heterocycles. The third-order valence-corrected chi connectivity index (χ3v) is 2.15. The van der Waals surface area contributed by atoms with Crippen LogP contribution in [-0.4, -0.2) is 35.6 Å². The Balaban J connectivity index is 2.73. The van der Waals surface area contributed by atoms with Gasteiger partial charge in [-0.1, -0.05) is 0 Å². The first-order chi connectivity index (χ1) is 9.04. The third kappa shape index (κ3) is 4.66. The molecule has 0 aliphatic heterocycles. The van der Waals surface area contributed by atoms with Gasteiger partial charge in [-0.15, -0.1) is 0 Å². The Morgan fingerprint density at radius 3 is 2.74 bits per heavy atom. The molecule has 0 atom stereocenters. The summed E-state index contributed by atoms with van der Waals surface area (Å²) in [5, 5.41) is 19.0. The summed E-state index contributed by atoms with van der Waals surface area (Å²) in [4.78, 5) is 24.9. The zero-order valence-electron chi connectivity index (χ0n) is 10.5. The monoisotopic (exact) mass is 268 g/mol. The minimum Gasteiger partial charge on any atom is -0.370 e. The van der Waals surface area contributed by atoms with E-state index >= 15 is 0 Å². The third-order valence-electron chi connectivity index (χ3n) is 2.15. The predicted molar refractivity (Wildman–Crippen MR) is 71.1 cm³/mol. The van der Waals surface area contributed by atoms with E-state index in [2.05, 4.69) is 20.9 Å². The van der Waals surface area contributed by atoms with Crippen molar-refractivity contribution in [3.05, 3.63) is 22.2 Å². The van der Waals surface area contributed by atoms with Crippen LogP contribution in [0.2, 0.25) is 0 Å². The molecule has 104 valence electrons.